The van der Waals surface area contributed by atoms with Gasteiger partial charge in [-0.3, -0.25) is 0 Å². The van der Waals surface area contributed by atoms with Crippen molar-refractivity contribution in [3.63, 3.8) is 0 Å². The van der Waals surface area contributed by atoms with Crippen molar-refractivity contribution in [2.45, 2.75) is 37.6 Å². The van der Waals surface area contributed by atoms with E-state index in [1.165, 1.54) is 23.4 Å². The maximum atomic E-state index is 5.97. The molecule has 0 unspecified atom stereocenters. The molecule has 0 amide bonds. The topological polar surface area (TPSA) is 29.3 Å². The molecular formula is C15H22N2S2. The summed E-state index contributed by atoms with van der Waals surface area (Å²) in [7, 11) is 0. The van der Waals surface area contributed by atoms with Gasteiger partial charge < -0.3 is 10.6 Å². The Morgan fingerprint density at radius 3 is 2.63 bits per heavy atom. The van der Waals surface area contributed by atoms with Gasteiger partial charge >= 0.3 is 0 Å². The van der Waals surface area contributed by atoms with E-state index in [2.05, 4.69) is 43.2 Å². The maximum Gasteiger partial charge on any atom is 0.107 e. The van der Waals surface area contributed by atoms with Crippen LogP contribution >= 0.6 is 24.0 Å². The molecule has 0 radical (unpaired) electrons. The molecular weight excluding hydrogens is 272 g/mol. The van der Waals surface area contributed by atoms with Crippen LogP contribution in [0.4, 0.5) is 5.69 Å². The molecule has 1 aliphatic carbocycles. The van der Waals surface area contributed by atoms with E-state index in [1.807, 2.05) is 0 Å². The molecule has 0 spiro atoms. The van der Waals surface area contributed by atoms with Crippen LogP contribution in [0.2, 0.25) is 0 Å². The first-order valence-electron chi connectivity index (χ1n) is 6.78. The van der Waals surface area contributed by atoms with Gasteiger partial charge in [0.1, 0.15) is 4.99 Å². The highest BCUT2D eigenvalue weighted by molar-refractivity contribution is 7.98. The van der Waals surface area contributed by atoms with Gasteiger partial charge in [0.2, 0.25) is 0 Å². The van der Waals surface area contributed by atoms with Crippen molar-refractivity contribution < 1.29 is 0 Å². The van der Waals surface area contributed by atoms with Gasteiger partial charge in [-0.1, -0.05) is 18.3 Å². The minimum absolute atomic E-state index is 0.464. The lowest BCUT2D eigenvalue weighted by molar-refractivity contribution is 0.644. The molecule has 1 fully saturated rings. The molecule has 0 aliphatic heterocycles. The van der Waals surface area contributed by atoms with Crippen LogP contribution in [0.15, 0.2) is 23.1 Å². The number of nitrogens with two attached hydrogens (primary N) is 1. The lowest BCUT2D eigenvalue weighted by atomic mass is 10.1. The van der Waals surface area contributed by atoms with Crippen LogP contribution in [0.5, 0.6) is 0 Å². The monoisotopic (exact) mass is 294 g/mol. The maximum absolute atomic E-state index is 5.97. The zero-order valence-corrected chi connectivity index (χ0v) is 13.5. The van der Waals surface area contributed by atoms with Crippen molar-refractivity contribution in [2.24, 2.45) is 11.7 Å². The minimum Gasteiger partial charge on any atom is -0.389 e. The standard InChI is InChI=1S/C15H22N2S2/c1-10(2)17(9-11-7-8-11)12-5-4-6-13(19-3)14(12)15(16)18/h4-6,10-11H,7-9H2,1-3H3,(H2,16,18). The first-order chi connectivity index (χ1) is 9.04. The largest absolute Gasteiger partial charge is 0.389 e. The van der Waals surface area contributed by atoms with E-state index in [-0.39, 0.29) is 0 Å². The number of hydrogen-bond acceptors (Lipinski definition) is 3. The summed E-state index contributed by atoms with van der Waals surface area (Å²) in [6.45, 7) is 5.58. The third-order valence-corrected chi connectivity index (χ3v) is 4.54. The van der Waals surface area contributed by atoms with E-state index in [9.17, 15) is 0 Å². The Hall–Kier alpha value is -0.740. The Bertz CT molecular complexity index is 467. The van der Waals surface area contributed by atoms with Crippen LogP contribution in [0.3, 0.4) is 0 Å². The van der Waals surface area contributed by atoms with E-state index in [1.54, 1.807) is 11.8 Å². The van der Waals surface area contributed by atoms with Crippen molar-refractivity contribution in [3.05, 3.63) is 23.8 Å². The first-order valence-corrected chi connectivity index (χ1v) is 8.41. The van der Waals surface area contributed by atoms with E-state index in [4.69, 9.17) is 18.0 Å². The van der Waals surface area contributed by atoms with Gasteiger partial charge in [-0.25, -0.2) is 0 Å². The quantitative estimate of drug-likeness (QED) is 0.640. The number of nitrogens with zero attached hydrogens (tertiary/aromatic N) is 1. The van der Waals surface area contributed by atoms with Gasteiger partial charge in [-0.05, 0) is 51.0 Å². The summed E-state index contributed by atoms with van der Waals surface area (Å²) in [4.78, 5) is 4.12. The second-order valence-electron chi connectivity index (χ2n) is 5.41. The van der Waals surface area contributed by atoms with Crippen LogP contribution in [0.1, 0.15) is 32.3 Å². The zero-order valence-electron chi connectivity index (χ0n) is 11.8. The Morgan fingerprint density at radius 2 is 2.16 bits per heavy atom. The Morgan fingerprint density at radius 1 is 1.47 bits per heavy atom. The van der Waals surface area contributed by atoms with E-state index in [0.717, 1.165) is 18.0 Å². The summed E-state index contributed by atoms with van der Waals surface area (Å²) in [6.07, 6.45) is 4.78. The molecule has 1 saturated carbocycles. The second kappa shape index (κ2) is 6.14. The third kappa shape index (κ3) is 3.42. The van der Waals surface area contributed by atoms with E-state index in [0.29, 0.717) is 11.0 Å². The van der Waals surface area contributed by atoms with Crippen LogP contribution in [-0.4, -0.2) is 23.8 Å². The zero-order chi connectivity index (χ0) is 14.0. The fraction of sp³-hybridized carbons (Fsp3) is 0.533. The summed E-state index contributed by atoms with van der Waals surface area (Å²) in [5.74, 6) is 0.847. The number of thioether (sulfide) groups is 1. The summed E-state index contributed by atoms with van der Waals surface area (Å²) in [5.41, 5.74) is 8.20. The van der Waals surface area contributed by atoms with E-state index >= 15 is 0 Å². The summed E-state index contributed by atoms with van der Waals surface area (Å²) in [6, 6.07) is 6.81. The van der Waals surface area contributed by atoms with Crippen molar-refractivity contribution in [2.75, 3.05) is 17.7 Å². The van der Waals surface area contributed by atoms with Crippen molar-refractivity contribution in [3.8, 4) is 0 Å². The number of thiocarbonyl (C=S) groups is 1. The fourth-order valence-electron chi connectivity index (χ4n) is 2.34. The summed E-state index contributed by atoms with van der Waals surface area (Å²) >= 11 is 6.98. The highest BCUT2D eigenvalue weighted by Gasteiger charge is 2.27. The van der Waals surface area contributed by atoms with E-state index < -0.39 is 0 Å². The molecule has 1 aromatic carbocycles. The highest BCUT2D eigenvalue weighted by atomic mass is 32.2. The predicted octanol–water partition coefficient (Wildman–Crippen LogP) is 3.67. The third-order valence-electron chi connectivity index (χ3n) is 3.56. The molecule has 0 bridgehead atoms. The normalized spacial score (nSPS) is 14.7. The van der Waals surface area contributed by atoms with Gasteiger partial charge in [0, 0.05) is 28.7 Å². The fourth-order valence-corrected chi connectivity index (χ4v) is 3.26. The van der Waals surface area contributed by atoms with Gasteiger partial charge in [0.25, 0.3) is 0 Å². The molecule has 2 rings (SSSR count). The number of anilines is 1. The molecule has 0 atom stereocenters. The van der Waals surface area contributed by atoms with Crippen LogP contribution in [0, 0.1) is 5.92 Å². The Kier molecular flexibility index (Phi) is 4.74. The van der Waals surface area contributed by atoms with Gasteiger partial charge in [0.15, 0.2) is 0 Å². The SMILES string of the molecule is CSc1cccc(N(CC2CC2)C(C)C)c1C(N)=S. The smallest absolute Gasteiger partial charge is 0.107 e. The molecule has 0 saturated heterocycles. The molecule has 0 heterocycles. The van der Waals surface area contributed by atoms with Gasteiger partial charge in [-0.2, -0.15) is 0 Å². The molecule has 0 aromatic heterocycles. The van der Waals surface area contributed by atoms with Crippen LogP contribution < -0.4 is 10.6 Å². The molecule has 19 heavy (non-hydrogen) atoms. The van der Waals surface area contributed by atoms with Gasteiger partial charge in [-0.15, -0.1) is 11.8 Å². The predicted molar refractivity (Wildman–Crippen MR) is 89.3 cm³/mol. The van der Waals surface area contributed by atoms with Crippen molar-refractivity contribution >= 4 is 34.7 Å². The highest BCUT2D eigenvalue weighted by Crippen LogP contribution is 2.35. The molecule has 1 aromatic rings. The van der Waals surface area contributed by atoms with Crippen LogP contribution in [-0.2, 0) is 0 Å². The first kappa shape index (κ1) is 14.7. The number of benzene rings is 1. The lowest BCUT2D eigenvalue weighted by Crippen LogP contribution is -2.34. The molecule has 1 aliphatic rings. The van der Waals surface area contributed by atoms with Gasteiger partial charge in [0.05, 0.1) is 0 Å². The lowest BCUT2D eigenvalue weighted by Gasteiger charge is -2.31. The van der Waals surface area contributed by atoms with Crippen LogP contribution in [0.25, 0.3) is 0 Å². The average Bonchev–Trinajstić information content (AvgIpc) is 3.18. The number of hydrogen-bond donors (Lipinski definition) is 1. The van der Waals surface area contributed by atoms with Crippen molar-refractivity contribution in [1.29, 1.82) is 0 Å². The summed E-state index contributed by atoms with van der Waals surface area (Å²) in [5, 5.41) is 0. The second-order valence-corrected chi connectivity index (χ2v) is 6.70. The Balaban J connectivity index is 2.42. The average molecular weight is 294 g/mol. The molecule has 2 N–H and O–H groups in total. The molecule has 4 heteroatoms. The van der Waals surface area contributed by atoms with Crippen molar-refractivity contribution in [1.82, 2.24) is 0 Å². The summed E-state index contributed by atoms with van der Waals surface area (Å²) < 4.78 is 0. The molecule has 104 valence electrons. The number of rotatable bonds is 6. The minimum atomic E-state index is 0.464. The molecule has 2 nitrogen and oxygen atoms in total. The Labute approximate surface area is 125 Å².